The highest BCUT2D eigenvalue weighted by Crippen LogP contribution is 2.36. The zero-order valence-corrected chi connectivity index (χ0v) is 11.6. The maximum absolute atomic E-state index is 12.1. The third-order valence-corrected chi connectivity index (χ3v) is 4.61. The molecule has 1 amide bonds. The van der Waals surface area contributed by atoms with Crippen molar-refractivity contribution in [1.29, 1.82) is 0 Å². The SMILES string of the molecule is [N-]=[N+]=NCCCCC(=O)N1CCC2CCCCC2C1. The molecule has 1 aliphatic heterocycles. The Balaban J connectivity index is 1.69. The minimum atomic E-state index is 0.296. The van der Waals surface area contributed by atoms with Crippen LogP contribution < -0.4 is 0 Å². The Morgan fingerprint density at radius 3 is 2.79 bits per heavy atom. The molecule has 1 heterocycles. The van der Waals surface area contributed by atoms with E-state index in [0.29, 0.717) is 18.9 Å². The summed E-state index contributed by atoms with van der Waals surface area (Å²) in [6.45, 7) is 2.45. The Bertz CT molecular complexity index is 351. The summed E-state index contributed by atoms with van der Waals surface area (Å²) in [6, 6.07) is 0. The van der Waals surface area contributed by atoms with Gasteiger partial charge in [-0.2, -0.15) is 0 Å². The fourth-order valence-electron chi connectivity index (χ4n) is 3.49. The lowest BCUT2D eigenvalue weighted by molar-refractivity contribution is -0.134. The van der Waals surface area contributed by atoms with Crippen LogP contribution in [0.5, 0.6) is 0 Å². The number of piperidine rings is 1. The average molecular weight is 264 g/mol. The number of hydrogen-bond acceptors (Lipinski definition) is 2. The standard InChI is InChI=1S/C14H24N4O/c15-17-16-9-4-3-7-14(19)18-10-8-12-5-1-2-6-13(12)11-18/h12-13H,1-11H2. The zero-order valence-electron chi connectivity index (χ0n) is 11.6. The van der Waals surface area contributed by atoms with Gasteiger partial charge in [0.05, 0.1) is 0 Å². The molecule has 2 aliphatic rings. The van der Waals surface area contributed by atoms with Crippen molar-refractivity contribution < 1.29 is 4.79 Å². The summed E-state index contributed by atoms with van der Waals surface area (Å²) in [5.41, 5.74) is 8.17. The minimum absolute atomic E-state index is 0.296. The molecular weight excluding hydrogens is 240 g/mol. The van der Waals surface area contributed by atoms with E-state index < -0.39 is 0 Å². The van der Waals surface area contributed by atoms with Gasteiger partial charge in [-0.25, -0.2) is 0 Å². The molecule has 0 aromatic heterocycles. The molecule has 1 aliphatic carbocycles. The third-order valence-electron chi connectivity index (χ3n) is 4.61. The molecule has 1 saturated carbocycles. The number of carbonyl (C=O) groups excluding carboxylic acids is 1. The second-order valence-electron chi connectivity index (χ2n) is 5.84. The smallest absolute Gasteiger partial charge is 0.222 e. The van der Waals surface area contributed by atoms with Crippen LogP contribution in [-0.4, -0.2) is 30.4 Å². The molecule has 5 nitrogen and oxygen atoms in total. The van der Waals surface area contributed by atoms with Crippen LogP contribution in [-0.2, 0) is 4.79 Å². The van der Waals surface area contributed by atoms with Gasteiger partial charge in [-0.1, -0.05) is 24.4 Å². The largest absolute Gasteiger partial charge is 0.342 e. The van der Waals surface area contributed by atoms with Crippen molar-refractivity contribution in [3.63, 3.8) is 0 Å². The summed E-state index contributed by atoms with van der Waals surface area (Å²) < 4.78 is 0. The number of likely N-dealkylation sites (tertiary alicyclic amines) is 1. The summed E-state index contributed by atoms with van der Waals surface area (Å²) in [5.74, 6) is 1.93. The number of nitrogens with zero attached hydrogens (tertiary/aromatic N) is 4. The van der Waals surface area contributed by atoms with E-state index in [1.807, 2.05) is 0 Å². The van der Waals surface area contributed by atoms with Crippen LogP contribution in [0.2, 0.25) is 0 Å². The number of carbonyl (C=O) groups is 1. The minimum Gasteiger partial charge on any atom is -0.342 e. The maximum Gasteiger partial charge on any atom is 0.222 e. The van der Waals surface area contributed by atoms with Gasteiger partial charge in [-0.05, 0) is 43.1 Å². The highest BCUT2D eigenvalue weighted by Gasteiger charge is 2.32. The number of unbranched alkanes of at least 4 members (excludes halogenated alkanes) is 1. The predicted octanol–water partition coefficient (Wildman–Crippen LogP) is 3.51. The summed E-state index contributed by atoms with van der Waals surface area (Å²) >= 11 is 0. The van der Waals surface area contributed by atoms with Gasteiger partial charge in [0.1, 0.15) is 0 Å². The van der Waals surface area contributed by atoms with Gasteiger partial charge in [-0.3, -0.25) is 4.79 Å². The van der Waals surface area contributed by atoms with Crippen molar-refractivity contribution in [2.24, 2.45) is 17.0 Å². The van der Waals surface area contributed by atoms with Gasteiger partial charge in [0.25, 0.3) is 0 Å². The van der Waals surface area contributed by atoms with E-state index in [1.54, 1.807) is 0 Å². The zero-order chi connectivity index (χ0) is 13.5. The van der Waals surface area contributed by atoms with Crippen LogP contribution in [0.4, 0.5) is 0 Å². The highest BCUT2D eigenvalue weighted by molar-refractivity contribution is 5.76. The van der Waals surface area contributed by atoms with Crippen LogP contribution in [0, 0.1) is 11.8 Å². The second-order valence-corrected chi connectivity index (χ2v) is 5.84. The Morgan fingerprint density at radius 2 is 2.00 bits per heavy atom. The third kappa shape index (κ3) is 4.13. The van der Waals surface area contributed by atoms with Crippen LogP contribution in [0.25, 0.3) is 10.4 Å². The molecule has 0 radical (unpaired) electrons. The number of rotatable bonds is 5. The topological polar surface area (TPSA) is 69.1 Å². The van der Waals surface area contributed by atoms with Gasteiger partial charge < -0.3 is 4.90 Å². The number of hydrogen-bond donors (Lipinski definition) is 0. The summed E-state index contributed by atoms with van der Waals surface area (Å²) in [6.07, 6.45) is 8.87. The maximum atomic E-state index is 12.1. The fraction of sp³-hybridized carbons (Fsp3) is 0.929. The van der Waals surface area contributed by atoms with Gasteiger partial charge >= 0.3 is 0 Å². The van der Waals surface area contributed by atoms with Crippen LogP contribution in [0.3, 0.4) is 0 Å². The summed E-state index contributed by atoms with van der Waals surface area (Å²) in [5, 5.41) is 3.49. The molecule has 2 atom stereocenters. The van der Waals surface area contributed by atoms with Gasteiger partial charge in [0.2, 0.25) is 5.91 Å². The quantitative estimate of drug-likeness (QED) is 0.324. The molecule has 2 fully saturated rings. The van der Waals surface area contributed by atoms with E-state index in [4.69, 9.17) is 5.53 Å². The van der Waals surface area contributed by atoms with Gasteiger partial charge in [-0.15, -0.1) is 0 Å². The van der Waals surface area contributed by atoms with Crippen molar-refractivity contribution in [3.8, 4) is 0 Å². The molecule has 5 heteroatoms. The summed E-state index contributed by atoms with van der Waals surface area (Å²) in [4.78, 5) is 16.9. The highest BCUT2D eigenvalue weighted by atomic mass is 16.2. The van der Waals surface area contributed by atoms with Crippen molar-refractivity contribution >= 4 is 5.91 Å². The average Bonchev–Trinajstić information content (AvgIpc) is 2.46. The van der Waals surface area contributed by atoms with Gasteiger partial charge in [0.15, 0.2) is 0 Å². The van der Waals surface area contributed by atoms with Crippen LogP contribution in [0.15, 0.2) is 5.11 Å². The van der Waals surface area contributed by atoms with E-state index in [0.717, 1.165) is 37.8 Å². The molecule has 106 valence electrons. The van der Waals surface area contributed by atoms with E-state index in [1.165, 1.54) is 32.1 Å². The first-order valence-electron chi connectivity index (χ1n) is 7.60. The first-order chi connectivity index (χ1) is 9.31. The van der Waals surface area contributed by atoms with E-state index in [9.17, 15) is 4.79 Å². The lowest BCUT2D eigenvalue weighted by Gasteiger charge is -2.41. The van der Waals surface area contributed by atoms with E-state index in [2.05, 4.69) is 14.9 Å². The number of fused-ring (bicyclic) bond motifs is 1. The molecule has 2 unspecified atom stereocenters. The Hall–Kier alpha value is -1.22. The van der Waals surface area contributed by atoms with E-state index >= 15 is 0 Å². The molecule has 0 bridgehead atoms. The molecule has 0 spiro atoms. The number of azide groups is 1. The molecule has 2 rings (SSSR count). The second kappa shape index (κ2) is 7.39. The first-order valence-corrected chi connectivity index (χ1v) is 7.60. The summed E-state index contributed by atoms with van der Waals surface area (Å²) in [7, 11) is 0. The van der Waals surface area contributed by atoms with Gasteiger partial charge in [0, 0.05) is 31.0 Å². The first kappa shape index (κ1) is 14.2. The fourth-order valence-corrected chi connectivity index (χ4v) is 3.49. The van der Waals surface area contributed by atoms with Crippen LogP contribution >= 0.6 is 0 Å². The van der Waals surface area contributed by atoms with Crippen molar-refractivity contribution in [2.45, 2.75) is 51.4 Å². The number of amides is 1. The monoisotopic (exact) mass is 264 g/mol. The Labute approximate surface area is 115 Å². The van der Waals surface area contributed by atoms with Crippen molar-refractivity contribution in [1.82, 2.24) is 4.90 Å². The molecule has 19 heavy (non-hydrogen) atoms. The Morgan fingerprint density at radius 1 is 1.21 bits per heavy atom. The normalized spacial score (nSPS) is 26.4. The molecule has 0 N–H and O–H groups in total. The lowest BCUT2D eigenvalue weighted by atomic mass is 9.75. The molecule has 0 aromatic carbocycles. The molecule has 1 saturated heterocycles. The Kier molecular flexibility index (Phi) is 5.52. The lowest BCUT2D eigenvalue weighted by Crippen LogP contribution is -2.44. The van der Waals surface area contributed by atoms with Crippen LogP contribution in [0.1, 0.15) is 51.4 Å². The molecular formula is C14H24N4O. The predicted molar refractivity (Wildman–Crippen MR) is 74.5 cm³/mol. The van der Waals surface area contributed by atoms with Crippen molar-refractivity contribution in [3.05, 3.63) is 10.4 Å². The molecule has 0 aromatic rings. The van der Waals surface area contributed by atoms with E-state index in [-0.39, 0.29) is 0 Å². The van der Waals surface area contributed by atoms with Crippen molar-refractivity contribution in [2.75, 3.05) is 19.6 Å².